The molecule has 1 N–H and O–H groups in total. The maximum atomic E-state index is 13.1. The van der Waals surface area contributed by atoms with Crippen molar-refractivity contribution in [1.29, 1.82) is 0 Å². The Morgan fingerprint density at radius 3 is 2.36 bits per heavy atom. The summed E-state index contributed by atoms with van der Waals surface area (Å²) in [7, 11) is -3.02. The molecule has 0 saturated heterocycles. The van der Waals surface area contributed by atoms with Crippen molar-refractivity contribution < 1.29 is 26.3 Å². The molecule has 6 nitrogen and oxygen atoms in total. The SMILES string of the molecule is COc1ccc(-c2cccc(NS(=O)(=O)c3ccccc3C(F)(F)F)c2)nn1. The monoisotopic (exact) mass is 409 g/mol. The van der Waals surface area contributed by atoms with Crippen LogP contribution in [-0.4, -0.2) is 25.7 Å². The summed E-state index contributed by atoms with van der Waals surface area (Å²) in [6.07, 6.45) is -4.80. The number of aromatic nitrogens is 2. The molecule has 0 aliphatic heterocycles. The minimum atomic E-state index is -4.80. The number of nitrogens with one attached hydrogen (secondary N) is 1. The molecule has 0 aliphatic rings. The summed E-state index contributed by atoms with van der Waals surface area (Å²) in [5, 5.41) is 7.79. The standard InChI is InChI=1S/C18H14F3N3O3S/c1-27-17-10-9-15(22-23-17)12-5-4-6-13(11-12)24-28(25,26)16-8-3-2-7-14(16)18(19,20)21/h2-11,24H,1H3. The Kier molecular flexibility index (Phi) is 5.23. The zero-order valence-electron chi connectivity index (χ0n) is 14.4. The average molecular weight is 409 g/mol. The zero-order chi connectivity index (χ0) is 20.4. The van der Waals surface area contributed by atoms with Gasteiger partial charge in [-0.25, -0.2) is 8.42 Å². The molecule has 10 heteroatoms. The van der Waals surface area contributed by atoms with Gasteiger partial charge in [-0.1, -0.05) is 24.3 Å². The largest absolute Gasteiger partial charge is 0.480 e. The Morgan fingerprint density at radius 1 is 0.964 bits per heavy atom. The number of nitrogens with zero attached hydrogens (tertiary/aromatic N) is 2. The molecule has 1 aromatic heterocycles. The molecular formula is C18H14F3N3O3S. The maximum Gasteiger partial charge on any atom is 0.417 e. The lowest BCUT2D eigenvalue weighted by Crippen LogP contribution is -2.18. The van der Waals surface area contributed by atoms with E-state index in [1.807, 2.05) is 0 Å². The summed E-state index contributed by atoms with van der Waals surface area (Å²) in [4.78, 5) is -0.850. The smallest absolute Gasteiger partial charge is 0.417 e. The van der Waals surface area contributed by atoms with Crippen LogP contribution in [0.15, 0.2) is 65.6 Å². The summed E-state index contributed by atoms with van der Waals surface area (Å²) in [6, 6.07) is 13.3. The summed E-state index contributed by atoms with van der Waals surface area (Å²) >= 11 is 0. The Hall–Kier alpha value is -3.14. The van der Waals surface area contributed by atoms with Gasteiger partial charge in [0.15, 0.2) is 0 Å². The van der Waals surface area contributed by atoms with E-state index in [1.165, 1.54) is 25.3 Å². The predicted molar refractivity (Wildman–Crippen MR) is 96.3 cm³/mol. The second-order valence-electron chi connectivity index (χ2n) is 5.64. The number of anilines is 1. The summed E-state index contributed by atoms with van der Waals surface area (Å²) in [5.74, 6) is 0.310. The third kappa shape index (κ3) is 4.22. The minimum absolute atomic E-state index is 0.0899. The first-order chi connectivity index (χ1) is 13.2. The first kappa shape index (κ1) is 19.6. The van der Waals surface area contributed by atoms with Crippen molar-refractivity contribution in [3.05, 3.63) is 66.2 Å². The van der Waals surface area contributed by atoms with Gasteiger partial charge in [0.05, 0.1) is 23.3 Å². The Morgan fingerprint density at radius 2 is 1.71 bits per heavy atom. The van der Waals surface area contributed by atoms with E-state index in [4.69, 9.17) is 4.74 Å². The van der Waals surface area contributed by atoms with Crippen LogP contribution in [0.3, 0.4) is 0 Å². The van der Waals surface area contributed by atoms with Gasteiger partial charge in [-0.2, -0.15) is 13.2 Å². The van der Waals surface area contributed by atoms with Crippen molar-refractivity contribution in [1.82, 2.24) is 10.2 Å². The fourth-order valence-electron chi connectivity index (χ4n) is 2.47. The maximum absolute atomic E-state index is 13.1. The molecule has 3 aromatic rings. The number of methoxy groups -OCH3 is 1. The fraction of sp³-hybridized carbons (Fsp3) is 0.111. The number of sulfonamides is 1. The average Bonchev–Trinajstić information content (AvgIpc) is 2.67. The van der Waals surface area contributed by atoms with Crippen LogP contribution >= 0.6 is 0 Å². The number of hydrogen-bond acceptors (Lipinski definition) is 5. The third-order valence-corrected chi connectivity index (χ3v) is 5.18. The third-order valence-electron chi connectivity index (χ3n) is 3.74. The van der Waals surface area contributed by atoms with Crippen molar-refractivity contribution in [2.45, 2.75) is 11.1 Å². The molecule has 0 atom stereocenters. The minimum Gasteiger partial charge on any atom is -0.480 e. The van der Waals surface area contributed by atoms with Gasteiger partial charge in [-0.15, -0.1) is 10.2 Å². The van der Waals surface area contributed by atoms with Crippen LogP contribution in [0.25, 0.3) is 11.3 Å². The quantitative estimate of drug-likeness (QED) is 0.690. The number of benzene rings is 2. The van der Waals surface area contributed by atoms with E-state index in [-0.39, 0.29) is 5.69 Å². The first-order valence-electron chi connectivity index (χ1n) is 7.88. The second-order valence-corrected chi connectivity index (χ2v) is 7.29. The molecule has 0 spiro atoms. The van der Waals surface area contributed by atoms with E-state index in [2.05, 4.69) is 14.9 Å². The van der Waals surface area contributed by atoms with Crippen LogP contribution < -0.4 is 9.46 Å². The number of hydrogen-bond donors (Lipinski definition) is 1. The molecule has 0 radical (unpaired) electrons. The molecule has 0 bridgehead atoms. The van der Waals surface area contributed by atoms with Crippen LogP contribution in [0.2, 0.25) is 0 Å². The number of rotatable bonds is 5. The molecule has 0 saturated carbocycles. The molecule has 0 aliphatic carbocycles. The Balaban J connectivity index is 1.94. The van der Waals surface area contributed by atoms with E-state index in [9.17, 15) is 21.6 Å². The van der Waals surface area contributed by atoms with Crippen molar-refractivity contribution in [2.75, 3.05) is 11.8 Å². The molecule has 1 heterocycles. The highest BCUT2D eigenvalue weighted by molar-refractivity contribution is 7.92. The van der Waals surface area contributed by atoms with E-state index in [0.717, 1.165) is 18.2 Å². The highest BCUT2D eigenvalue weighted by Crippen LogP contribution is 2.34. The molecule has 146 valence electrons. The highest BCUT2D eigenvalue weighted by Gasteiger charge is 2.36. The van der Waals surface area contributed by atoms with Crippen molar-refractivity contribution in [3.8, 4) is 17.1 Å². The molecule has 3 rings (SSSR count). The lowest BCUT2D eigenvalue weighted by atomic mass is 10.1. The molecule has 2 aromatic carbocycles. The van der Waals surface area contributed by atoms with Crippen molar-refractivity contribution in [3.63, 3.8) is 0 Å². The highest BCUT2D eigenvalue weighted by atomic mass is 32.2. The van der Waals surface area contributed by atoms with E-state index >= 15 is 0 Å². The number of halogens is 3. The van der Waals surface area contributed by atoms with Crippen molar-refractivity contribution >= 4 is 15.7 Å². The number of ether oxygens (including phenoxy) is 1. The van der Waals surface area contributed by atoms with Crippen LogP contribution in [0.1, 0.15) is 5.56 Å². The van der Waals surface area contributed by atoms with Crippen molar-refractivity contribution in [2.24, 2.45) is 0 Å². The normalized spacial score (nSPS) is 11.9. The molecule has 0 amide bonds. The lowest BCUT2D eigenvalue weighted by Gasteiger charge is -2.14. The van der Waals surface area contributed by atoms with Gasteiger partial charge < -0.3 is 4.74 Å². The van der Waals surface area contributed by atoms with Gasteiger partial charge in [0.2, 0.25) is 5.88 Å². The molecule has 28 heavy (non-hydrogen) atoms. The van der Waals surface area contributed by atoms with E-state index < -0.39 is 26.7 Å². The van der Waals surface area contributed by atoms with Gasteiger partial charge in [0, 0.05) is 17.3 Å². The van der Waals surface area contributed by atoms with Gasteiger partial charge in [-0.05, 0) is 30.3 Å². The van der Waals surface area contributed by atoms with Crippen LogP contribution in [-0.2, 0) is 16.2 Å². The topological polar surface area (TPSA) is 81.2 Å². The first-order valence-corrected chi connectivity index (χ1v) is 9.36. The van der Waals surface area contributed by atoms with Crippen LogP contribution in [0.4, 0.5) is 18.9 Å². The number of alkyl halides is 3. The fourth-order valence-corrected chi connectivity index (χ4v) is 3.75. The Bertz CT molecular complexity index is 1080. The van der Waals surface area contributed by atoms with Crippen LogP contribution in [0, 0.1) is 0 Å². The summed E-state index contributed by atoms with van der Waals surface area (Å²) < 4.78 is 71.6. The van der Waals surface area contributed by atoms with Gasteiger partial charge in [-0.3, -0.25) is 4.72 Å². The predicted octanol–water partition coefficient (Wildman–Crippen LogP) is 3.97. The van der Waals surface area contributed by atoms with E-state index in [1.54, 1.807) is 24.3 Å². The lowest BCUT2D eigenvalue weighted by molar-refractivity contribution is -0.139. The summed E-state index contributed by atoms with van der Waals surface area (Å²) in [5.41, 5.74) is -0.177. The van der Waals surface area contributed by atoms with E-state index in [0.29, 0.717) is 17.1 Å². The summed E-state index contributed by atoms with van der Waals surface area (Å²) in [6.45, 7) is 0. The van der Waals surface area contributed by atoms with Gasteiger partial charge >= 0.3 is 6.18 Å². The van der Waals surface area contributed by atoms with Crippen LogP contribution in [0.5, 0.6) is 5.88 Å². The Labute approximate surface area is 159 Å². The molecular weight excluding hydrogens is 395 g/mol. The molecule has 0 unspecified atom stereocenters. The molecule has 0 fully saturated rings. The van der Waals surface area contributed by atoms with Gasteiger partial charge in [0.1, 0.15) is 0 Å². The zero-order valence-corrected chi connectivity index (χ0v) is 15.3. The van der Waals surface area contributed by atoms with Gasteiger partial charge in [0.25, 0.3) is 10.0 Å². The second kappa shape index (κ2) is 7.47.